The van der Waals surface area contributed by atoms with Gasteiger partial charge in [-0.25, -0.2) is 4.79 Å². The van der Waals surface area contributed by atoms with Gasteiger partial charge < -0.3 is 19.0 Å². The Bertz CT molecular complexity index is 1110. The number of benzene rings is 1. The van der Waals surface area contributed by atoms with Gasteiger partial charge >= 0.3 is 11.6 Å². The summed E-state index contributed by atoms with van der Waals surface area (Å²) in [7, 11) is 0. The highest BCUT2D eigenvalue weighted by molar-refractivity contribution is 5.77. The fraction of sp³-hybridized carbons (Fsp3) is 0.538. The van der Waals surface area contributed by atoms with Gasteiger partial charge in [-0.2, -0.15) is 0 Å². The fourth-order valence-electron chi connectivity index (χ4n) is 6.21. The largest absolute Gasteiger partial charge is 0.493 e. The summed E-state index contributed by atoms with van der Waals surface area (Å²) in [4.78, 5) is 23.2. The highest BCUT2D eigenvalue weighted by atomic mass is 16.6. The van der Waals surface area contributed by atoms with Crippen molar-refractivity contribution in [2.45, 2.75) is 59.7 Å². The Labute approximate surface area is 188 Å². The SMILES string of the molecule is CC(=O)OC1C(O)CC2(C)C(COc3ccc4ccc(=O)oc4c3)C(C)=CCC2C1(C)C. The van der Waals surface area contributed by atoms with Gasteiger partial charge in [0.2, 0.25) is 0 Å². The van der Waals surface area contributed by atoms with Gasteiger partial charge in [0, 0.05) is 35.8 Å². The van der Waals surface area contributed by atoms with Crippen LogP contribution < -0.4 is 10.4 Å². The Balaban J connectivity index is 1.60. The van der Waals surface area contributed by atoms with Crippen LogP contribution in [0.2, 0.25) is 0 Å². The normalized spacial score (nSPS) is 31.5. The van der Waals surface area contributed by atoms with Crippen molar-refractivity contribution in [2.75, 3.05) is 6.61 Å². The lowest BCUT2D eigenvalue weighted by molar-refractivity contribution is -0.201. The molecule has 0 amide bonds. The second kappa shape index (κ2) is 8.07. The van der Waals surface area contributed by atoms with Crippen LogP contribution in [0.1, 0.15) is 47.5 Å². The number of hydrogen-bond acceptors (Lipinski definition) is 6. The number of rotatable bonds is 4. The van der Waals surface area contributed by atoms with E-state index in [2.05, 4.69) is 33.8 Å². The lowest BCUT2D eigenvalue weighted by Crippen LogP contribution is -2.61. The van der Waals surface area contributed by atoms with Crippen LogP contribution in [-0.4, -0.2) is 29.9 Å². The molecule has 5 unspecified atom stereocenters. The lowest BCUT2D eigenvalue weighted by atomic mass is 9.47. The Morgan fingerprint density at radius 1 is 1.22 bits per heavy atom. The number of hydrogen-bond donors (Lipinski definition) is 1. The Hall–Kier alpha value is -2.60. The molecule has 0 spiro atoms. The highest BCUT2D eigenvalue weighted by Crippen LogP contribution is 2.60. The van der Waals surface area contributed by atoms with Crippen LogP contribution in [0.25, 0.3) is 11.0 Å². The van der Waals surface area contributed by atoms with Crippen LogP contribution in [0, 0.1) is 22.7 Å². The number of carbonyl (C=O) groups is 1. The molecule has 2 aliphatic rings. The Kier molecular flexibility index (Phi) is 5.70. The van der Waals surface area contributed by atoms with E-state index in [0.717, 1.165) is 11.8 Å². The molecule has 1 saturated carbocycles. The summed E-state index contributed by atoms with van der Waals surface area (Å²) in [6.07, 6.45) is 2.39. The third kappa shape index (κ3) is 3.85. The number of fused-ring (bicyclic) bond motifs is 2. The van der Waals surface area contributed by atoms with E-state index in [9.17, 15) is 14.7 Å². The van der Waals surface area contributed by atoms with Gasteiger partial charge in [0.05, 0.1) is 12.7 Å². The zero-order chi connectivity index (χ0) is 23.3. The van der Waals surface area contributed by atoms with E-state index in [0.29, 0.717) is 24.4 Å². The minimum atomic E-state index is -0.738. The van der Waals surface area contributed by atoms with Crippen molar-refractivity contribution in [1.82, 2.24) is 0 Å². The predicted molar refractivity (Wildman–Crippen MR) is 121 cm³/mol. The van der Waals surface area contributed by atoms with Crippen molar-refractivity contribution in [2.24, 2.45) is 22.7 Å². The molecule has 172 valence electrons. The molecule has 1 aromatic carbocycles. The van der Waals surface area contributed by atoms with Crippen molar-refractivity contribution in [3.05, 3.63) is 52.4 Å². The van der Waals surface area contributed by atoms with Gasteiger partial charge in [0.15, 0.2) is 0 Å². The van der Waals surface area contributed by atoms with Crippen molar-refractivity contribution < 1.29 is 23.8 Å². The molecular formula is C26H32O6. The maximum Gasteiger partial charge on any atom is 0.336 e. The number of aliphatic hydroxyl groups excluding tert-OH is 1. The molecule has 2 aliphatic carbocycles. The van der Waals surface area contributed by atoms with E-state index in [1.807, 2.05) is 12.1 Å². The second-order valence-corrected chi connectivity index (χ2v) is 10.2. The number of allylic oxidation sites excluding steroid dienone is 1. The third-order valence-corrected chi connectivity index (χ3v) is 7.75. The molecule has 5 atom stereocenters. The van der Waals surface area contributed by atoms with Gasteiger partial charge in [-0.15, -0.1) is 0 Å². The van der Waals surface area contributed by atoms with E-state index in [1.165, 1.54) is 18.6 Å². The molecule has 0 radical (unpaired) electrons. The van der Waals surface area contributed by atoms with Gasteiger partial charge in [-0.3, -0.25) is 4.79 Å². The summed E-state index contributed by atoms with van der Waals surface area (Å²) in [5.74, 6) is 0.580. The first kappa shape index (κ1) is 22.6. The maximum absolute atomic E-state index is 11.7. The molecule has 1 aromatic heterocycles. The Morgan fingerprint density at radius 3 is 2.66 bits per heavy atom. The fourth-order valence-corrected chi connectivity index (χ4v) is 6.21. The molecule has 1 fully saturated rings. The average molecular weight is 441 g/mol. The Morgan fingerprint density at radius 2 is 1.94 bits per heavy atom. The highest BCUT2D eigenvalue weighted by Gasteiger charge is 2.59. The number of ether oxygens (including phenoxy) is 2. The molecule has 32 heavy (non-hydrogen) atoms. The minimum absolute atomic E-state index is 0.0898. The van der Waals surface area contributed by atoms with Gasteiger partial charge in [-0.05, 0) is 49.3 Å². The summed E-state index contributed by atoms with van der Waals surface area (Å²) in [6, 6.07) is 8.63. The molecule has 2 aromatic rings. The first-order chi connectivity index (χ1) is 15.0. The molecular weight excluding hydrogens is 408 g/mol. The summed E-state index contributed by atoms with van der Waals surface area (Å²) in [6.45, 7) is 10.3. The van der Waals surface area contributed by atoms with Crippen molar-refractivity contribution in [1.29, 1.82) is 0 Å². The predicted octanol–water partition coefficient (Wildman–Crippen LogP) is 4.48. The molecule has 4 rings (SSSR count). The summed E-state index contributed by atoms with van der Waals surface area (Å²) in [5, 5.41) is 11.9. The molecule has 6 nitrogen and oxygen atoms in total. The van der Waals surface area contributed by atoms with Crippen LogP contribution in [-0.2, 0) is 9.53 Å². The quantitative estimate of drug-likeness (QED) is 0.429. The monoisotopic (exact) mass is 440 g/mol. The summed E-state index contributed by atoms with van der Waals surface area (Å²) >= 11 is 0. The van der Waals surface area contributed by atoms with E-state index in [4.69, 9.17) is 13.9 Å². The third-order valence-electron chi connectivity index (χ3n) is 7.75. The number of esters is 1. The van der Waals surface area contributed by atoms with Gasteiger partial charge in [0.1, 0.15) is 17.4 Å². The molecule has 0 aliphatic heterocycles. The summed E-state index contributed by atoms with van der Waals surface area (Å²) < 4.78 is 17.1. The van der Waals surface area contributed by atoms with Gasteiger partial charge in [-0.1, -0.05) is 32.4 Å². The van der Waals surface area contributed by atoms with Crippen LogP contribution >= 0.6 is 0 Å². The number of carbonyl (C=O) groups excluding carboxylic acids is 1. The molecule has 0 saturated heterocycles. The maximum atomic E-state index is 11.7. The average Bonchev–Trinajstić information content (AvgIpc) is 2.70. The zero-order valence-corrected chi connectivity index (χ0v) is 19.4. The molecule has 1 heterocycles. The van der Waals surface area contributed by atoms with E-state index < -0.39 is 17.8 Å². The molecule has 0 bridgehead atoms. The first-order valence-electron chi connectivity index (χ1n) is 11.2. The summed E-state index contributed by atoms with van der Waals surface area (Å²) in [5.41, 5.74) is 0.733. The lowest BCUT2D eigenvalue weighted by Gasteiger charge is -2.59. The standard InChI is InChI=1S/C26H32O6/c1-15-6-10-22-25(3,4)24(31-16(2)27)20(28)13-26(22,5)19(15)14-30-18-9-7-17-8-11-23(29)32-21(17)12-18/h6-9,11-12,19-20,22,24,28H,10,13-14H2,1-5H3. The van der Waals surface area contributed by atoms with Crippen molar-refractivity contribution >= 4 is 16.9 Å². The zero-order valence-electron chi connectivity index (χ0n) is 19.4. The van der Waals surface area contributed by atoms with E-state index in [1.54, 1.807) is 12.1 Å². The van der Waals surface area contributed by atoms with Crippen molar-refractivity contribution in [3.63, 3.8) is 0 Å². The minimum Gasteiger partial charge on any atom is -0.493 e. The second-order valence-electron chi connectivity index (χ2n) is 10.2. The van der Waals surface area contributed by atoms with Crippen LogP contribution in [0.5, 0.6) is 5.75 Å². The molecule has 6 heteroatoms. The molecule has 1 N–H and O–H groups in total. The van der Waals surface area contributed by atoms with E-state index in [-0.39, 0.29) is 28.6 Å². The van der Waals surface area contributed by atoms with Crippen LogP contribution in [0.4, 0.5) is 0 Å². The number of aliphatic hydroxyl groups is 1. The van der Waals surface area contributed by atoms with Crippen LogP contribution in [0.15, 0.2) is 51.2 Å². The van der Waals surface area contributed by atoms with Crippen LogP contribution in [0.3, 0.4) is 0 Å². The van der Waals surface area contributed by atoms with Gasteiger partial charge in [0.25, 0.3) is 0 Å². The smallest absolute Gasteiger partial charge is 0.336 e. The topological polar surface area (TPSA) is 86.0 Å². The van der Waals surface area contributed by atoms with E-state index >= 15 is 0 Å². The first-order valence-corrected chi connectivity index (χ1v) is 11.2. The van der Waals surface area contributed by atoms with Crippen molar-refractivity contribution in [3.8, 4) is 5.75 Å².